The van der Waals surface area contributed by atoms with E-state index in [0.717, 1.165) is 13.1 Å². The van der Waals surface area contributed by atoms with Crippen LogP contribution in [-0.4, -0.2) is 47.7 Å². The molecule has 0 bridgehead atoms. The summed E-state index contributed by atoms with van der Waals surface area (Å²) in [5.41, 5.74) is 0. The minimum Gasteiger partial charge on any atom is -0.392 e. The number of rotatable bonds is 4. The fraction of sp³-hybridized carbons (Fsp3) is 0.818. The van der Waals surface area contributed by atoms with Gasteiger partial charge in [-0.25, -0.2) is 0 Å². The molecule has 0 saturated carbocycles. The molecule has 17 heavy (non-hydrogen) atoms. The second-order valence-electron chi connectivity index (χ2n) is 4.14. The highest BCUT2D eigenvalue weighted by Gasteiger charge is 2.30. The number of ether oxygens (including phenoxy) is 1. The molecule has 1 fully saturated rings. The Morgan fingerprint density at radius 3 is 2.82 bits per heavy atom. The summed E-state index contributed by atoms with van der Waals surface area (Å²) < 4.78 is 10.5. The van der Waals surface area contributed by atoms with Crippen LogP contribution in [0.15, 0.2) is 4.52 Å². The number of anilines is 1. The summed E-state index contributed by atoms with van der Waals surface area (Å²) in [5, 5.41) is 13.8. The summed E-state index contributed by atoms with van der Waals surface area (Å²) >= 11 is 0. The maximum absolute atomic E-state index is 9.86. The van der Waals surface area contributed by atoms with Gasteiger partial charge in [-0.3, -0.25) is 0 Å². The van der Waals surface area contributed by atoms with Crippen LogP contribution in [0.3, 0.4) is 0 Å². The van der Waals surface area contributed by atoms with Crippen LogP contribution in [0.5, 0.6) is 0 Å². The Morgan fingerprint density at radius 2 is 2.18 bits per heavy atom. The first-order chi connectivity index (χ1) is 8.26. The summed E-state index contributed by atoms with van der Waals surface area (Å²) in [6, 6.07) is 0. The largest absolute Gasteiger partial charge is 0.392 e. The van der Waals surface area contributed by atoms with Crippen LogP contribution >= 0.6 is 0 Å². The van der Waals surface area contributed by atoms with E-state index in [2.05, 4.69) is 10.1 Å². The highest BCUT2D eigenvalue weighted by molar-refractivity contribution is 5.27. The Balaban J connectivity index is 2.11. The van der Waals surface area contributed by atoms with E-state index >= 15 is 0 Å². The first kappa shape index (κ1) is 12.3. The van der Waals surface area contributed by atoms with E-state index in [0.29, 0.717) is 31.5 Å². The lowest BCUT2D eigenvalue weighted by Gasteiger charge is -2.24. The predicted octanol–water partition coefficient (Wildman–Crippen LogP) is 0.781. The lowest BCUT2D eigenvalue weighted by Crippen LogP contribution is -2.30. The molecular weight excluding hydrogens is 222 g/mol. The summed E-state index contributed by atoms with van der Waals surface area (Å²) in [6.07, 6.45) is 0.168. The summed E-state index contributed by atoms with van der Waals surface area (Å²) in [7, 11) is 0. The third-order valence-electron chi connectivity index (χ3n) is 3.11. The molecule has 1 aromatic rings. The number of aliphatic hydroxyl groups is 1. The van der Waals surface area contributed by atoms with Gasteiger partial charge in [-0.05, 0) is 25.4 Å². The van der Waals surface area contributed by atoms with Gasteiger partial charge in [0.05, 0.1) is 18.6 Å². The Kier molecular flexibility index (Phi) is 3.96. The first-order valence-electron chi connectivity index (χ1n) is 6.10. The van der Waals surface area contributed by atoms with Gasteiger partial charge < -0.3 is 19.3 Å². The van der Waals surface area contributed by atoms with Crippen LogP contribution in [0.1, 0.15) is 32.1 Å². The molecule has 1 aliphatic heterocycles. The van der Waals surface area contributed by atoms with Crippen LogP contribution in [0.25, 0.3) is 0 Å². The standard InChI is InChI=1S/C11H19N3O3/c1-3-14(4-2)11-12-10(17-13-11)8-7-16-6-5-9(8)15/h8-9,15H,3-7H2,1-2H3. The van der Waals surface area contributed by atoms with Crippen LogP contribution in [0.4, 0.5) is 5.95 Å². The maximum Gasteiger partial charge on any atom is 0.266 e. The Bertz CT molecular complexity index is 351. The fourth-order valence-corrected chi connectivity index (χ4v) is 1.97. The quantitative estimate of drug-likeness (QED) is 0.840. The zero-order chi connectivity index (χ0) is 12.3. The molecule has 0 amide bonds. The first-order valence-corrected chi connectivity index (χ1v) is 6.10. The topological polar surface area (TPSA) is 71.6 Å². The van der Waals surface area contributed by atoms with Gasteiger partial charge in [0.1, 0.15) is 0 Å². The molecule has 1 saturated heterocycles. The fourth-order valence-electron chi connectivity index (χ4n) is 1.97. The number of hydrogen-bond acceptors (Lipinski definition) is 6. The van der Waals surface area contributed by atoms with Crippen molar-refractivity contribution in [2.24, 2.45) is 0 Å². The second-order valence-corrected chi connectivity index (χ2v) is 4.14. The number of aliphatic hydroxyl groups excluding tert-OH is 1. The number of hydrogen-bond donors (Lipinski definition) is 1. The Labute approximate surface area is 101 Å². The van der Waals surface area contributed by atoms with Crippen molar-refractivity contribution in [3.63, 3.8) is 0 Å². The minimum absolute atomic E-state index is 0.194. The van der Waals surface area contributed by atoms with Crippen LogP contribution in [0, 0.1) is 0 Å². The van der Waals surface area contributed by atoms with Gasteiger partial charge in [0, 0.05) is 19.7 Å². The third kappa shape index (κ3) is 2.58. The van der Waals surface area contributed by atoms with E-state index in [4.69, 9.17) is 9.26 Å². The SMILES string of the molecule is CCN(CC)c1noc(C2COCCC2O)n1. The van der Waals surface area contributed by atoms with E-state index in [-0.39, 0.29) is 5.92 Å². The summed E-state index contributed by atoms with van der Waals surface area (Å²) in [4.78, 5) is 6.34. The lowest BCUT2D eigenvalue weighted by atomic mass is 9.99. The van der Waals surface area contributed by atoms with Gasteiger partial charge in [-0.1, -0.05) is 0 Å². The minimum atomic E-state index is -0.450. The van der Waals surface area contributed by atoms with Gasteiger partial charge in [0.15, 0.2) is 0 Å². The molecular formula is C11H19N3O3. The van der Waals surface area contributed by atoms with Crippen LogP contribution in [0.2, 0.25) is 0 Å². The molecule has 96 valence electrons. The van der Waals surface area contributed by atoms with Crippen molar-refractivity contribution in [3.05, 3.63) is 5.89 Å². The van der Waals surface area contributed by atoms with E-state index in [1.165, 1.54) is 0 Å². The molecule has 1 N–H and O–H groups in total. The molecule has 2 atom stereocenters. The van der Waals surface area contributed by atoms with E-state index in [1.807, 2.05) is 18.7 Å². The molecule has 0 spiro atoms. The van der Waals surface area contributed by atoms with Crippen LogP contribution < -0.4 is 4.90 Å². The highest BCUT2D eigenvalue weighted by Crippen LogP contribution is 2.25. The predicted molar refractivity (Wildman–Crippen MR) is 62.0 cm³/mol. The van der Waals surface area contributed by atoms with E-state index in [9.17, 15) is 5.11 Å². The van der Waals surface area contributed by atoms with Crippen molar-refractivity contribution in [1.82, 2.24) is 10.1 Å². The molecule has 1 aromatic heterocycles. The number of nitrogens with zero attached hydrogens (tertiary/aromatic N) is 3. The zero-order valence-electron chi connectivity index (χ0n) is 10.3. The Morgan fingerprint density at radius 1 is 1.41 bits per heavy atom. The van der Waals surface area contributed by atoms with Crippen molar-refractivity contribution in [3.8, 4) is 0 Å². The van der Waals surface area contributed by atoms with Crippen molar-refractivity contribution in [2.45, 2.75) is 32.3 Å². The Hall–Kier alpha value is -1.14. The van der Waals surface area contributed by atoms with E-state index < -0.39 is 6.10 Å². The van der Waals surface area contributed by atoms with Crippen molar-refractivity contribution < 1.29 is 14.4 Å². The van der Waals surface area contributed by atoms with Crippen LogP contribution in [-0.2, 0) is 4.74 Å². The lowest BCUT2D eigenvalue weighted by molar-refractivity contribution is -0.0149. The molecule has 6 nitrogen and oxygen atoms in total. The normalized spacial score (nSPS) is 24.9. The summed E-state index contributed by atoms with van der Waals surface area (Å²) in [6.45, 7) is 6.78. The zero-order valence-corrected chi connectivity index (χ0v) is 10.3. The average molecular weight is 241 g/mol. The smallest absolute Gasteiger partial charge is 0.266 e. The average Bonchev–Trinajstić information content (AvgIpc) is 2.81. The molecule has 1 aliphatic rings. The number of aromatic nitrogens is 2. The summed E-state index contributed by atoms with van der Waals surface area (Å²) in [5.74, 6) is 0.863. The van der Waals surface area contributed by atoms with E-state index in [1.54, 1.807) is 0 Å². The molecule has 6 heteroatoms. The monoisotopic (exact) mass is 241 g/mol. The van der Waals surface area contributed by atoms with Gasteiger partial charge in [0.25, 0.3) is 5.95 Å². The molecule has 2 heterocycles. The molecule has 0 radical (unpaired) electrons. The van der Waals surface area contributed by atoms with Crippen molar-refractivity contribution in [2.75, 3.05) is 31.2 Å². The van der Waals surface area contributed by atoms with Gasteiger partial charge in [-0.2, -0.15) is 4.98 Å². The van der Waals surface area contributed by atoms with Gasteiger partial charge in [0.2, 0.25) is 5.89 Å². The van der Waals surface area contributed by atoms with Gasteiger partial charge in [-0.15, -0.1) is 0 Å². The maximum atomic E-state index is 9.86. The van der Waals surface area contributed by atoms with Crippen molar-refractivity contribution in [1.29, 1.82) is 0 Å². The van der Waals surface area contributed by atoms with Crippen molar-refractivity contribution >= 4 is 5.95 Å². The van der Waals surface area contributed by atoms with Gasteiger partial charge >= 0.3 is 0 Å². The molecule has 2 rings (SSSR count). The molecule has 0 aromatic carbocycles. The third-order valence-corrected chi connectivity index (χ3v) is 3.11. The molecule has 2 unspecified atom stereocenters. The second kappa shape index (κ2) is 5.46. The highest BCUT2D eigenvalue weighted by atomic mass is 16.5. The molecule has 0 aliphatic carbocycles.